The Bertz CT molecular complexity index is 547. The number of nitrogens with one attached hydrogen (secondary N) is 1. The van der Waals surface area contributed by atoms with Gasteiger partial charge in [0.25, 0.3) is 0 Å². The highest BCUT2D eigenvalue weighted by Crippen LogP contribution is 2.31. The third-order valence-corrected chi connectivity index (χ3v) is 3.90. The Morgan fingerprint density at radius 1 is 1.14 bits per heavy atom. The number of carbonyl (C=O) groups is 2. The van der Waals surface area contributed by atoms with Gasteiger partial charge in [-0.05, 0) is 32.1 Å². The summed E-state index contributed by atoms with van der Waals surface area (Å²) in [4.78, 5) is 27.3. The maximum absolute atomic E-state index is 12.1. The van der Waals surface area contributed by atoms with Crippen molar-refractivity contribution in [2.45, 2.75) is 46.0 Å². The number of aromatic nitrogens is 3. The molecule has 1 aromatic rings. The lowest BCUT2D eigenvalue weighted by atomic mass is 10.0. The Morgan fingerprint density at radius 3 is 2.38 bits per heavy atom. The first-order valence-corrected chi connectivity index (χ1v) is 7.31. The zero-order chi connectivity index (χ0) is 15.4. The molecule has 1 aliphatic carbocycles. The summed E-state index contributed by atoms with van der Waals surface area (Å²) < 4.78 is 0. The standard InChI is InChI=1S/C14H20N4O3/c1-3-10-11(4-2)17-18-14(15-10)16-12(19)8-5-6-9(7-8)13(20)21/h8-9H,3-7H2,1-2H3,(H,20,21)(H,15,16,18,19). The van der Waals surface area contributed by atoms with Gasteiger partial charge >= 0.3 is 5.97 Å². The van der Waals surface area contributed by atoms with Crippen LogP contribution in [-0.2, 0) is 22.4 Å². The highest BCUT2D eigenvalue weighted by atomic mass is 16.4. The summed E-state index contributed by atoms with van der Waals surface area (Å²) in [5.74, 6) is -1.55. The minimum atomic E-state index is -0.830. The van der Waals surface area contributed by atoms with Gasteiger partial charge in [-0.1, -0.05) is 13.8 Å². The molecule has 0 spiro atoms. The number of hydrogen-bond donors (Lipinski definition) is 2. The molecule has 114 valence electrons. The van der Waals surface area contributed by atoms with E-state index in [4.69, 9.17) is 5.11 Å². The van der Waals surface area contributed by atoms with Crippen LogP contribution >= 0.6 is 0 Å². The van der Waals surface area contributed by atoms with Gasteiger partial charge in [0.05, 0.1) is 17.3 Å². The van der Waals surface area contributed by atoms with E-state index in [2.05, 4.69) is 20.5 Å². The zero-order valence-electron chi connectivity index (χ0n) is 12.3. The van der Waals surface area contributed by atoms with E-state index < -0.39 is 11.9 Å². The molecule has 0 saturated heterocycles. The molecule has 2 N–H and O–H groups in total. The number of carbonyl (C=O) groups excluding carboxylic acids is 1. The molecule has 1 aromatic heterocycles. The fourth-order valence-electron chi connectivity index (χ4n) is 2.65. The molecule has 0 bridgehead atoms. The average molecular weight is 292 g/mol. The number of nitrogens with zero attached hydrogens (tertiary/aromatic N) is 3. The van der Waals surface area contributed by atoms with Crippen LogP contribution in [0.2, 0.25) is 0 Å². The first kappa shape index (κ1) is 15.3. The topological polar surface area (TPSA) is 105 Å². The van der Waals surface area contributed by atoms with Gasteiger partial charge in [-0.3, -0.25) is 14.9 Å². The Morgan fingerprint density at radius 2 is 1.81 bits per heavy atom. The number of hydrogen-bond acceptors (Lipinski definition) is 5. The lowest BCUT2D eigenvalue weighted by Crippen LogP contribution is -2.23. The third-order valence-electron chi connectivity index (χ3n) is 3.90. The molecule has 1 saturated carbocycles. The number of aryl methyl sites for hydroxylation is 2. The molecule has 0 radical (unpaired) electrons. The van der Waals surface area contributed by atoms with Crippen molar-refractivity contribution in [2.24, 2.45) is 11.8 Å². The quantitative estimate of drug-likeness (QED) is 0.850. The molecule has 21 heavy (non-hydrogen) atoms. The van der Waals surface area contributed by atoms with Gasteiger partial charge in [0, 0.05) is 5.92 Å². The summed E-state index contributed by atoms with van der Waals surface area (Å²) in [5, 5.41) is 19.6. The molecule has 0 aliphatic heterocycles. The largest absolute Gasteiger partial charge is 0.481 e. The SMILES string of the molecule is CCc1nnc(NC(=O)C2CCC(C(=O)O)C2)nc1CC. The lowest BCUT2D eigenvalue weighted by Gasteiger charge is -2.10. The van der Waals surface area contributed by atoms with Crippen molar-refractivity contribution in [3.63, 3.8) is 0 Å². The van der Waals surface area contributed by atoms with Gasteiger partial charge in [0.15, 0.2) is 0 Å². The lowest BCUT2D eigenvalue weighted by molar-refractivity contribution is -0.141. The molecular formula is C14H20N4O3. The van der Waals surface area contributed by atoms with Gasteiger partial charge in [0.1, 0.15) is 0 Å². The molecular weight excluding hydrogens is 272 g/mol. The zero-order valence-corrected chi connectivity index (χ0v) is 12.3. The molecule has 7 nitrogen and oxygen atoms in total. The van der Waals surface area contributed by atoms with Crippen LogP contribution in [0.25, 0.3) is 0 Å². The minimum Gasteiger partial charge on any atom is -0.481 e. The second-order valence-electron chi connectivity index (χ2n) is 5.27. The van der Waals surface area contributed by atoms with E-state index in [-0.39, 0.29) is 17.8 Å². The van der Waals surface area contributed by atoms with Crippen molar-refractivity contribution in [3.8, 4) is 0 Å². The predicted octanol–water partition coefficient (Wildman–Crippen LogP) is 1.44. The van der Waals surface area contributed by atoms with Crippen molar-refractivity contribution >= 4 is 17.8 Å². The van der Waals surface area contributed by atoms with Crippen LogP contribution < -0.4 is 5.32 Å². The van der Waals surface area contributed by atoms with Crippen molar-refractivity contribution in [2.75, 3.05) is 5.32 Å². The fourth-order valence-corrected chi connectivity index (χ4v) is 2.65. The second kappa shape index (κ2) is 6.60. The molecule has 1 fully saturated rings. The van der Waals surface area contributed by atoms with Gasteiger partial charge in [0.2, 0.25) is 11.9 Å². The average Bonchev–Trinajstić information content (AvgIpc) is 2.97. The Labute approximate surface area is 123 Å². The van der Waals surface area contributed by atoms with Crippen LogP contribution in [0.15, 0.2) is 0 Å². The summed E-state index contributed by atoms with van der Waals surface area (Å²) in [6, 6.07) is 0. The summed E-state index contributed by atoms with van der Waals surface area (Å²) in [7, 11) is 0. The van der Waals surface area contributed by atoms with Crippen LogP contribution in [0.5, 0.6) is 0 Å². The minimum absolute atomic E-state index is 0.202. The molecule has 2 unspecified atom stereocenters. The molecule has 7 heteroatoms. The van der Waals surface area contributed by atoms with Crippen LogP contribution in [0, 0.1) is 11.8 Å². The number of anilines is 1. The monoisotopic (exact) mass is 292 g/mol. The van der Waals surface area contributed by atoms with Gasteiger partial charge in [-0.25, -0.2) is 4.98 Å². The van der Waals surface area contributed by atoms with Gasteiger partial charge in [-0.2, -0.15) is 0 Å². The van der Waals surface area contributed by atoms with Crippen LogP contribution in [0.4, 0.5) is 5.95 Å². The summed E-state index contributed by atoms with van der Waals surface area (Å²) in [5.41, 5.74) is 1.67. The second-order valence-corrected chi connectivity index (χ2v) is 5.27. The molecule has 2 rings (SSSR count). The summed E-state index contributed by atoms with van der Waals surface area (Å²) >= 11 is 0. The summed E-state index contributed by atoms with van der Waals surface area (Å²) in [6.07, 6.45) is 2.99. The van der Waals surface area contributed by atoms with Crippen LogP contribution in [0.3, 0.4) is 0 Å². The summed E-state index contributed by atoms with van der Waals surface area (Å²) in [6.45, 7) is 3.96. The molecule has 1 aliphatic rings. The van der Waals surface area contributed by atoms with Crippen LogP contribution in [0.1, 0.15) is 44.5 Å². The fraction of sp³-hybridized carbons (Fsp3) is 0.643. The highest BCUT2D eigenvalue weighted by Gasteiger charge is 2.34. The first-order valence-electron chi connectivity index (χ1n) is 7.31. The van der Waals surface area contributed by atoms with E-state index in [9.17, 15) is 9.59 Å². The molecule has 1 heterocycles. The number of rotatable bonds is 5. The maximum atomic E-state index is 12.1. The van der Waals surface area contributed by atoms with Crippen molar-refractivity contribution in [1.29, 1.82) is 0 Å². The Balaban J connectivity index is 2.02. The smallest absolute Gasteiger partial charge is 0.306 e. The van der Waals surface area contributed by atoms with Gasteiger partial charge in [-0.15, -0.1) is 10.2 Å². The number of aliphatic carboxylic acids is 1. The third kappa shape index (κ3) is 3.53. The molecule has 1 amide bonds. The molecule has 2 atom stereocenters. The van der Waals surface area contributed by atoms with E-state index in [1.807, 2.05) is 13.8 Å². The van der Waals surface area contributed by atoms with Crippen molar-refractivity contribution in [1.82, 2.24) is 15.2 Å². The first-order chi connectivity index (χ1) is 10.0. The van der Waals surface area contributed by atoms with E-state index in [1.54, 1.807) is 0 Å². The maximum Gasteiger partial charge on any atom is 0.306 e. The van der Waals surface area contributed by atoms with Crippen LogP contribution in [-0.4, -0.2) is 32.2 Å². The Hall–Kier alpha value is -2.05. The predicted molar refractivity (Wildman–Crippen MR) is 75.7 cm³/mol. The number of carboxylic acid groups (broad SMARTS) is 1. The van der Waals surface area contributed by atoms with E-state index in [0.29, 0.717) is 19.3 Å². The number of amides is 1. The van der Waals surface area contributed by atoms with Gasteiger partial charge < -0.3 is 5.11 Å². The van der Waals surface area contributed by atoms with Crippen molar-refractivity contribution in [3.05, 3.63) is 11.4 Å². The van der Waals surface area contributed by atoms with E-state index in [0.717, 1.165) is 24.2 Å². The van der Waals surface area contributed by atoms with E-state index in [1.165, 1.54) is 0 Å². The number of carboxylic acids is 1. The normalized spacial score (nSPS) is 21.2. The van der Waals surface area contributed by atoms with Crippen molar-refractivity contribution < 1.29 is 14.7 Å². The van der Waals surface area contributed by atoms with E-state index >= 15 is 0 Å². The highest BCUT2D eigenvalue weighted by molar-refractivity contribution is 5.91. The Kier molecular flexibility index (Phi) is 4.82. The molecule has 0 aromatic carbocycles.